The van der Waals surface area contributed by atoms with E-state index in [0.717, 1.165) is 12.8 Å². The second-order valence-corrected chi connectivity index (χ2v) is 11.7. The van der Waals surface area contributed by atoms with Crippen molar-refractivity contribution in [1.82, 2.24) is 9.71 Å². The largest absolute Gasteiger partial charge is 0.492 e. The summed E-state index contributed by atoms with van der Waals surface area (Å²) in [7, 11) is -4.11. The number of carbonyl (C=O) groups excluding carboxylic acids is 1. The molecule has 16 heteroatoms. The third kappa shape index (κ3) is 7.95. The molecule has 0 aliphatic heterocycles. The summed E-state index contributed by atoms with van der Waals surface area (Å²) in [5.74, 6) is -1.49. The molecule has 0 unspecified atom stereocenters. The average Bonchev–Trinajstić information content (AvgIpc) is 3.46. The molecule has 0 radical (unpaired) electrons. The van der Waals surface area contributed by atoms with E-state index in [2.05, 4.69) is 4.98 Å². The highest BCUT2D eigenvalue weighted by Crippen LogP contribution is 2.41. The molecule has 3 N–H and O–H groups in total. The van der Waals surface area contributed by atoms with Gasteiger partial charge in [-0.3, -0.25) is 4.55 Å². The van der Waals surface area contributed by atoms with E-state index in [0.29, 0.717) is 33.8 Å². The summed E-state index contributed by atoms with van der Waals surface area (Å²) >= 11 is 19.2. The lowest BCUT2D eigenvalue weighted by atomic mass is 10.2. The van der Waals surface area contributed by atoms with Gasteiger partial charge >= 0.3 is 5.97 Å². The topological polar surface area (TPSA) is 165 Å². The second kappa shape index (κ2) is 13.2. The van der Waals surface area contributed by atoms with Crippen LogP contribution >= 0.6 is 34.8 Å². The number of unbranched alkanes of at least 4 members (excludes halogenated alkanes) is 2. The molecule has 3 aromatic heterocycles. The van der Waals surface area contributed by atoms with Gasteiger partial charge in [0.05, 0.1) is 22.9 Å². The highest BCUT2D eigenvalue weighted by Gasteiger charge is 2.21. The normalized spacial score (nSPS) is 11.7. The SMILES string of the molecule is O=C(CCCCC[n+]1ccc(-c2nc3cc(Cl)c(OCCCS(=O)(=O)O)c(Cl)c3o2)c(Cl)c1)On1c(O)ccc1O. The molecule has 1 aromatic carbocycles. The first-order valence-corrected chi connectivity index (χ1v) is 15.0. The second-order valence-electron chi connectivity index (χ2n) is 8.92. The lowest BCUT2D eigenvalue weighted by molar-refractivity contribution is -0.697. The van der Waals surface area contributed by atoms with Crippen LogP contribution in [0.25, 0.3) is 22.6 Å². The third-order valence-corrected chi connectivity index (χ3v) is 7.54. The average molecular weight is 650 g/mol. The van der Waals surface area contributed by atoms with E-state index in [4.69, 9.17) is 53.3 Å². The van der Waals surface area contributed by atoms with E-state index < -0.39 is 21.8 Å². The Morgan fingerprint density at radius 2 is 1.78 bits per heavy atom. The lowest BCUT2D eigenvalue weighted by Crippen LogP contribution is -2.32. The minimum atomic E-state index is -4.11. The van der Waals surface area contributed by atoms with Crippen molar-refractivity contribution in [2.24, 2.45) is 0 Å². The van der Waals surface area contributed by atoms with E-state index >= 15 is 0 Å². The smallest absolute Gasteiger partial charge is 0.333 e. The van der Waals surface area contributed by atoms with Gasteiger partial charge in [-0.2, -0.15) is 8.42 Å². The number of benzene rings is 1. The summed E-state index contributed by atoms with van der Waals surface area (Å²) in [4.78, 5) is 21.3. The predicted molar refractivity (Wildman–Crippen MR) is 149 cm³/mol. The number of carbonyl (C=O) groups is 1. The molecule has 0 amide bonds. The summed E-state index contributed by atoms with van der Waals surface area (Å²) in [6, 6.07) is 5.66. The number of ether oxygens (including phenoxy) is 1. The van der Waals surface area contributed by atoms with Crippen LogP contribution in [0.15, 0.2) is 41.1 Å². The Hall–Kier alpha value is -3.23. The van der Waals surface area contributed by atoms with Crippen LogP contribution in [-0.4, -0.2) is 51.2 Å². The zero-order valence-corrected chi connectivity index (χ0v) is 24.4. The Morgan fingerprint density at radius 1 is 1.05 bits per heavy atom. The van der Waals surface area contributed by atoms with Gasteiger partial charge in [-0.15, -0.1) is 4.73 Å². The molecule has 0 aliphatic carbocycles. The van der Waals surface area contributed by atoms with Gasteiger partial charge in [0.1, 0.15) is 22.1 Å². The molecule has 0 fully saturated rings. The van der Waals surface area contributed by atoms with Gasteiger partial charge < -0.3 is 24.2 Å². The van der Waals surface area contributed by atoms with Crippen molar-refractivity contribution in [2.45, 2.75) is 38.6 Å². The van der Waals surface area contributed by atoms with Gasteiger partial charge in [0.15, 0.2) is 23.7 Å². The molecule has 4 rings (SSSR count). The molecule has 0 saturated carbocycles. The van der Waals surface area contributed by atoms with Crippen molar-refractivity contribution in [3.8, 4) is 29.0 Å². The predicted octanol–water partition coefficient (Wildman–Crippen LogP) is 4.83. The maximum Gasteiger partial charge on any atom is 0.333 e. The number of oxazole rings is 1. The Labute approximate surface area is 249 Å². The molecule has 41 heavy (non-hydrogen) atoms. The molecule has 12 nitrogen and oxygen atoms in total. The number of fused-ring (bicyclic) bond motifs is 1. The molecule has 0 atom stereocenters. The van der Waals surface area contributed by atoms with Crippen molar-refractivity contribution in [3.63, 3.8) is 0 Å². The highest BCUT2D eigenvalue weighted by molar-refractivity contribution is 7.85. The van der Waals surface area contributed by atoms with Crippen LogP contribution in [0.2, 0.25) is 15.1 Å². The zero-order valence-electron chi connectivity index (χ0n) is 21.3. The number of pyridine rings is 1. The first kappa shape index (κ1) is 30.7. The first-order chi connectivity index (χ1) is 19.4. The van der Waals surface area contributed by atoms with Crippen LogP contribution in [0.1, 0.15) is 32.1 Å². The van der Waals surface area contributed by atoms with Gasteiger partial charge in [-0.25, -0.2) is 14.3 Å². The molecule has 220 valence electrons. The van der Waals surface area contributed by atoms with E-state index in [1.54, 1.807) is 18.5 Å². The Kier molecular flexibility index (Phi) is 9.87. The van der Waals surface area contributed by atoms with E-state index in [-0.39, 0.29) is 58.5 Å². The minimum Gasteiger partial charge on any atom is -0.492 e. The minimum absolute atomic E-state index is 0.0303. The van der Waals surface area contributed by atoms with Crippen LogP contribution in [-0.2, 0) is 21.5 Å². The van der Waals surface area contributed by atoms with Crippen LogP contribution in [0.5, 0.6) is 17.5 Å². The summed E-state index contributed by atoms with van der Waals surface area (Å²) < 4.78 is 44.5. The van der Waals surface area contributed by atoms with Gasteiger partial charge in [0.2, 0.25) is 17.7 Å². The summed E-state index contributed by atoms with van der Waals surface area (Å²) in [6.45, 7) is 0.574. The quantitative estimate of drug-likeness (QED) is 0.104. The summed E-state index contributed by atoms with van der Waals surface area (Å²) in [6.07, 6.45) is 5.68. The number of aromatic hydroxyl groups is 2. The number of hydrogen-bond donors (Lipinski definition) is 3. The summed E-state index contributed by atoms with van der Waals surface area (Å²) in [5.41, 5.74) is 1.10. The number of aryl methyl sites for hydroxylation is 1. The lowest BCUT2D eigenvalue weighted by Gasteiger charge is -2.09. The van der Waals surface area contributed by atoms with Crippen molar-refractivity contribution in [3.05, 3.63) is 51.7 Å². The Morgan fingerprint density at radius 3 is 2.46 bits per heavy atom. The van der Waals surface area contributed by atoms with E-state index in [1.807, 2.05) is 4.57 Å². The van der Waals surface area contributed by atoms with Crippen LogP contribution in [0.3, 0.4) is 0 Å². The van der Waals surface area contributed by atoms with E-state index in [9.17, 15) is 23.4 Å². The van der Waals surface area contributed by atoms with Crippen molar-refractivity contribution in [2.75, 3.05) is 12.4 Å². The van der Waals surface area contributed by atoms with Gasteiger partial charge in [0.25, 0.3) is 10.1 Å². The third-order valence-electron chi connectivity index (χ3n) is 5.81. The zero-order chi connectivity index (χ0) is 29.7. The number of aromatic nitrogens is 3. The molecule has 0 aliphatic rings. The number of rotatable bonds is 13. The molecule has 0 saturated heterocycles. The fourth-order valence-corrected chi connectivity index (χ4v) is 5.19. The maximum absolute atomic E-state index is 11.9. The molecular formula is C25H25Cl3N3O9S+. The number of nitrogens with zero attached hydrogens (tertiary/aromatic N) is 3. The van der Waals surface area contributed by atoms with Gasteiger partial charge in [0, 0.05) is 31.0 Å². The van der Waals surface area contributed by atoms with Crippen LogP contribution in [0.4, 0.5) is 0 Å². The highest BCUT2D eigenvalue weighted by atomic mass is 35.5. The molecular weight excluding hydrogens is 625 g/mol. The fourth-order valence-electron chi connectivity index (χ4n) is 3.85. The van der Waals surface area contributed by atoms with Crippen LogP contribution in [0, 0.1) is 0 Å². The van der Waals surface area contributed by atoms with E-state index in [1.165, 1.54) is 18.2 Å². The summed E-state index contributed by atoms with van der Waals surface area (Å²) in [5, 5.41) is 19.6. The molecule has 0 spiro atoms. The molecule has 3 heterocycles. The first-order valence-electron chi connectivity index (χ1n) is 12.3. The monoisotopic (exact) mass is 648 g/mol. The Bertz CT molecular complexity index is 1650. The van der Waals surface area contributed by atoms with Crippen molar-refractivity contribution < 1.29 is 46.5 Å². The van der Waals surface area contributed by atoms with Gasteiger partial charge in [-0.1, -0.05) is 34.8 Å². The fraction of sp³-hybridized carbons (Fsp3) is 0.320. The van der Waals surface area contributed by atoms with Gasteiger partial charge in [-0.05, 0) is 25.3 Å². The maximum atomic E-state index is 11.9. The Balaban J connectivity index is 1.33. The number of halogens is 3. The number of hydrogen-bond acceptors (Lipinski definition) is 9. The standard InChI is InChI=1S/C25H24Cl3N3O9S/c26-16-13-18-24(22(28)23(16)38-11-4-12-41(35,36)37)39-25(29-18)15-8-10-30(14-17(15)27)9-3-1-2-5-21(34)40-31-19(32)6-7-20(31)33/h6-8,10,13-14,29H,1-5,9,11-12H2,(H,35,36,37)/p+1. The van der Waals surface area contributed by atoms with Crippen LogP contribution < -0.4 is 14.1 Å². The molecule has 0 bridgehead atoms. The molecule has 4 aromatic rings. The van der Waals surface area contributed by atoms with Crippen molar-refractivity contribution >= 4 is 62.0 Å². The van der Waals surface area contributed by atoms with Crippen molar-refractivity contribution in [1.29, 1.82) is 0 Å².